The topological polar surface area (TPSA) is 46.5 Å². The number of piperidine rings is 1. The van der Waals surface area contributed by atoms with Crippen LogP contribution in [-0.4, -0.2) is 37.4 Å². The fourth-order valence-electron chi connectivity index (χ4n) is 3.86. The summed E-state index contributed by atoms with van der Waals surface area (Å²) in [5.74, 6) is 0.135. The summed E-state index contributed by atoms with van der Waals surface area (Å²) in [5.41, 5.74) is 1.04. The molecule has 1 N–H and O–H groups in total. The molecule has 2 unspecified atom stereocenters. The van der Waals surface area contributed by atoms with Gasteiger partial charge in [0.1, 0.15) is 12.3 Å². The number of aromatic nitrogens is 1. The minimum atomic E-state index is -0.376. The Bertz CT molecular complexity index is 854. The second kappa shape index (κ2) is 6.84. The van der Waals surface area contributed by atoms with Crippen molar-refractivity contribution in [1.29, 1.82) is 0 Å². The van der Waals surface area contributed by atoms with E-state index in [9.17, 15) is 9.18 Å². The molecule has 4 rings (SSSR count). The molecule has 0 radical (unpaired) electrons. The van der Waals surface area contributed by atoms with Crippen molar-refractivity contribution in [3.05, 3.63) is 34.4 Å². The van der Waals surface area contributed by atoms with E-state index < -0.39 is 0 Å². The first kappa shape index (κ1) is 18.0. The van der Waals surface area contributed by atoms with Crippen molar-refractivity contribution < 1.29 is 9.13 Å². The van der Waals surface area contributed by atoms with Crippen molar-refractivity contribution in [1.82, 2.24) is 9.88 Å². The standard InChI is InChI=1S/C18H22FN3O2.ClH/c1-11-10-24-18-16-13(15(23)5-7-22(11)16)8-14(19)17(18)21-6-3-4-12(9-21)20-2;/h5,7-8,11-12,20H,3-4,6,9-10H2,1-2H3;1H. The molecule has 0 spiro atoms. The zero-order chi connectivity index (χ0) is 16.8. The smallest absolute Gasteiger partial charge is 0.189 e. The van der Waals surface area contributed by atoms with Gasteiger partial charge < -0.3 is 19.5 Å². The summed E-state index contributed by atoms with van der Waals surface area (Å²) in [7, 11) is 1.94. The lowest BCUT2D eigenvalue weighted by Crippen LogP contribution is -2.45. The molecule has 1 aromatic heterocycles. The molecule has 0 bridgehead atoms. The number of pyridine rings is 1. The van der Waals surface area contributed by atoms with E-state index in [0.29, 0.717) is 35.0 Å². The van der Waals surface area contributed by atoms with Gasteiger partial charge in [-0.25, -0.2) is 4.39 Å². The lowest BCUT2D eigenvalue weighted by atomic mass is 10.0. The summed E-state index contributed by atoms with van der Waals surface area (Å²) >= 11 is 0. The van der Waals surface area contributed by atoms with E-state index in [2.05, 4.69) is 5.32 Å². The number of hydrogen-bond donors (Lipinski definition) is 1. The molecule has 0 aliphatic carbocycles. The largest absolute Gasteiger partial charge is 0.487 e. The second-order valence-electron chi connectivity index (χ2n) is 6.75. The van der Waals surface area contributed by atoms with Gasteiger partial charge in [-0.3, -0.25) is 4.79 Å². The van der Waals surface area contributed by atoms with E-state index >= 15 is 0 Å². The molecule has 0 saturated carbocycles. The normalized spacial score (nSPS) is 22.4. The highest BCUT2D eigenvalue weighted by atomic mass is 35.5. The number of nitrogens with zero attached hydrogens (tertiary/aromatic N) is 2. The predicted octanol–water partition coefficient (Wildman–Crippen LogP) is 2.70. The average Bonchev–Trinajstić information content (AvgIpc) is 2.59. The first-order valence-electron chi connectivity index (χ1n) is 8.52. The van der Waals surface area contributed by atoms with Gasteiger partial charge in [-0.05, 0) is 32.9 Å². The maximum atomic E-state index is 14.9. The molecule has 7 heteroatoms. The van der Waals surface area contributed by atoms with E-state index in [4.69, 9.17) is 4.74 Å². The first-order chi connectivity index (χ1) is 11.6. The highest BCUT2D eigenvalue weighted by Crippen LogP contribution is 2.42. The fraction of sp³-hybridized carbons (Fsp3) is 0.500. The van der Waals surface area contributed by atoms with Gasteiger partial charge in [0.05, 0.1) is 16.9 Å². The molecular formula is C18H23ClFN3O2. The molecule has 2 aliphatic rings. The van der Waals surface area contributed by atoms with Crippen LogP contribution in [-0.2, 0) is 0 Å². The number of nitrogens with one attached hydrogen (secondary N) is 1. The first-order valence-corrected chi connectivity index (χ1v) is 8.52. The van der Waals surface area contributed by atoms with Crippen LogP contribution in [0.4, 0.5) is 10.1 Å². The summed E-state index contributed by atoms with van der Waals surface area (Å²) in [6.07, 6.45) is 3.87. The highest BCUT2D eigenvalue weighted by Gasteiger charge is 2.30. The molecule has 1 aromatic carbocycles. The minimum absolute atomic E-state index is 0. The number of halogens is 2. The molecule has 3 heterocycles. The quantitative estimate of drug-likeness (QED) is 0.886. The van der Waals surface area contributed by atoms with E-state index in [1.807, 2.05) is 23.4 Å². The van der Waals surface area contributed by atoms with Crippen LogP contribution in [0.25, 0.3) is 10.9 Å². The molecule has 1 saturated heterocycles. The number of anilines is 1. The summed E-state index contributed by atoms with van der Waals surface area (Å²) < 4.78 is 22.9. The third kappa shape index (κ3) is 2.87. The van der Waals surface area contributed by atoms with Gasteiger partial charge in [-0.1, -0.05) is 0 Å². The van der Waals surface area contributed by atoms with Crippen molar-refractivity contribution in [2.75, 3.05) is 31.6 Å². The van der Waals surface area contributed by atoms with Gasteiger partial charge in [0.2, 0.25) is 0 Å². The van der Waals surface area contributed by atoms with Crippen LogP contribution in [0.2, 0.25) is 0 Å². The molecule has 136 valence electrons. The van der Waals surface area contributed by atoms with Gasteiger partial charge in [-0.15, -0.1) is 12.4 Å². The maximum absolute atomic E-state index is 14.9. The minimum Gasteiger partial charge on any atom is -0.487 e. The molecular weight excluding hydrogens is 345 g/mol. The number of rotatable bonds is 2. The van der Waals surface area contributed by atoms with Crippen LogP contribution in [0.3, 0.4) is 0 Å². The lowest BCUT2D eigenvalue weighted by molar-refractivity contribution is 0.246. The number of ether oxygens (including phenoxy) is 1. The predicted molar refractivity (Wildman–Crippen MR) is 99.9 cm³/mol. The molecule has 2 aromatic rings. The van der Waals surface area contributed by atoms with E-state index in [1.54, 1.807) is 6.20 Å². The Hall–Kier alpha value is -1.79. The summed E-state index contributed by atoms with van der Waals surface area (Å²) in [5, 5.41) is 3.67. The SMILES string of the molecule is CNC1CCCN(c2c(F)cc3c(=O)ccn4c3c2OCC4C)C1.Cl. The molecule has 2 atom stereocenters. The van der Waals surface area contributed by atoms with Crippen LogP contribution in [0, 0.1) is 5.82 Å². The highest BCUT2D eigenvalue weighted by molar-refractivity contribution is 5.92. The monoisotopic (exact) mass is 367 g/mol. The lowest BCUT2D eigenvalue weighted by Gasteiger charge is -2.37. The van der Waals surface area contributed by atoms with Crippen molar-refractivity contribution in [3.8, 4) is 5.75 Å². The van der Waals surface area contributed by atoms with Crippen molar-refractivity contribution in [2.45, 2.75) is 31.8 Å². The maximum Gasteiger partial charge on any atom is 0.189 e. The fourth-order valence-corrected chi connectivity index (χ4v) is 3.86. The molecule has 0 amide bonds. The Kier molecular flexibility index (Phi) is 4.93. The number of hydrogen-bond acceptors (Lipinski definition) is 4. The third-order valence-electron chi connectivity index (χ3n) is 5.18. The van der Waals surface area contributed by atoms with Crippen molar-refractivity contribution in [2.24, 2.45) is 0 Å². The summed E-state index contributed by atoms with van der Waals surface area (Å²) in [4.78, 5) is 14.3. The van der Waals surface area contributed by atoms with Gasteiger partial charge in [0.25, 0.3) is 0 Å². The number of likely N-dealkylation sites (N-methyl/N-ethyl adjacent to an activating group) is 1. The van der Waals surface area contributed by atoms with Gasteiger partial charge in [-0.2, -0.15) is 0 Å². The Morgan fingerprint density at radius 3 is 2.96 bits per heavy atom. The summed E-state index contributed by atoms with van der Waals surface area (Å²) in [6, 6.07) is 3.33. The summed E-state index contributed by atoms with van der Waals surface area (Å²) in [6.45, 7) is 4.05. The van der Waals surface area contributed by atoms with Gasteiger partial charge >= 0.3 is 0 Å². The third-order valence-corrected chi connectivity index (χ3v) is 5.18. The van der Waals surface area contributed by atoms with E-state index in [1.165, 1.54) is 12.1 Å². The van der Waals surface area contributed by atoms with E-state index in [0.717, 1.165) is 25.9 Å². The molecule has 1 fully saturated rings. The van der Waals surface area contributed by atoms with Crippen LogP contribution in [0.15, 0.2) is 23.1 Å². The van der Waals surface area contributed by atoms with Crippen LogP contribution in [0.5, 0.6) is 5.75 Å². The van der Waals surface area contributed by atoms with Crippen LogP contribution in [0.1, 0.15) is 25.8 Å². The average molecular weight is 368 g/mol. The van der Waals surface area contributed by atoms with Gasteiger partial charge in [0.15, 0.2) is 17.0 Å². The number of benzene rings is 1. The Morgan fingerprint density at radius 2 is 2.20 bits per heavy atom. The van der Waals surface area contributed by atoms with Crippen molar-refractivity contribution in [3.63, 3.8) is 0 Å². The van der Waals surface area contributed by atoms with E-state index in [-0.39, 0.29) is 29.7 Å². The zero-order valence-corrected chi connectivity index (χ0v) is 15.2. The van der Waals surface area contributed by atoms with Crippen molar-refractivity contribution >= 4 is 29.0 Å². The molecule has 25 heavy (non-hydrogen) atoms. The van der Waals surface area contributed by atoms with Crippen LogP contribution < -0.4 is 20.4 Å². The Balaban J connectivity index is 0.00000182. The zero-order valence-electron chi connectivity index (χ0n) is 14.4. The van der Waals surface area contributed by atoms with Crippen LogP contribution >= 0.6 is 12.4 Å². The van der Waals surface area contributed by atoms with Gasteiger partial charge in [0, 0.05) is 31.4 Å². The Labute approximate surface area is 152 Å². The molecule has 5 nitrogen and oxygen atoms in total. The molecule has 2 aliphatic heterocycles. The Morgan fingerprint density at radius 1 is 1.40 bits per heavy atom. The second-order valence-corrected chi connectivity index (χ2v) is 6.75.